The number of nitrogens with one attached hydrogen (secondary N) is 2. The van der Waals surface area contributed by atoms with Gasteiger partial charge in [-0.05, 0) is 61.6 Å². The van der Waals surface area contributed by atoms with Crippen LogP contribution >= 0.6 is 23.2 Å². The van der Waals surface area contributed by atoms with E-state index in [1.807, 2.05) is 43.3 Å². The van der Waals surface area contributed by atoms with E-state index >= 15 is 0 Å². The van der Waals surface area contributed by atoms with Crippen molar-refractivity contribution in [3.63, 3.8) is 0 Å². The number of carboxylic acids is 1. The summed E-state index contributed by atoms with van der Waals surface area (Å²) in [5.74, 6) is 0.0909. The van der Waals surface area contributed by atoms with Crippen molar-refractivity contribution in [1.29, 1.82) is 5.26 Å². The van der Waals surface area contributed by atoms with Gasteiger partial charge in [0.1, 0.15) is 42.1 Å². The zero-order chi connectivity index (χ0) is 39.5. The second kappa shape index (κ2) is 19.1. The van der Waals surface area contributed by atoms with Gasteiger partial charge < -0.3 is 34.6 Å². The average Bonchev–Trinajstić information content (AvgIpc) is 3.62. The van der Waals surface area contributed by atoms with Gasteiger partial charge in [0.05, 0.1) is 28.8 Å². The minimum absolute atomic E-state index is 0.00107. The molecule has 290 valence electrons. The fraction of sp³-hybridized carbons (Fsp3) is 0.366. The van der Waals surface area contributed by atoms with Gasteiger partial charge >= 0.3 is 5.97 Å². The summed E-state index contributed by atoms with van der Waals surface area (Å²) in [6, 6.07) is 18.8. The van der Waals surface area contributed by atoms with Crippen molar-refractivity contribution in [2.45, 2.75) is 65.0 Å². The van der Waals surface area contributed by atoms with Crippen molar-refractivity contribution in [2.24, 2.45) is 0 Å². The highest BCUT2D eigenvalue weighted by molar-refractivity contribution is 6.35. The molecule has 0 aliphatic carbocycles. The number of aliphatic carboxylic acids is 1. The second-order valence-corrected chi connectivity index (χ2v) is 14.5. The third-order valence-electron chi connectivity index (χ3n) is 9.53. The number of benzene rings is 3. The minimum Gasteiger partial charge on any atom is -0.492 e. The number of carbonyl (C=O) groups is 2. The normalized spacial score (nSPS) is 15.2. The van der Waals surface area contributed by atoms with E-state index in [0.717, 1.165) is 54.7 Å². The molecule has 1 saturated heterocycles. The number of ether oxygens (including phenoxy) is 3. The molecule has 14 heteroatoms. The van der Waals surface area contributed by atoms with Gasteiger partial charge in [0, 0.05) is 74.3 Å². The molecule has 1 aliphatic rings. The number of carbonyl (C=O) groups excluding carboxylic acids is 1. The Morgan fingerprint density at radius 3 is 2.53 bits per heavy atom. The quantitative estimate of drug-likeness (QED) is 0.0837. The number of hydrogen-bond acceptors (Lipinski definition) is 10. The molecule has 1 fully saturated rings. The molecule has 5 rings (SSSR count). The van der Waals surface area contributed by atoms with E-state index < -0.39 is 18.1 Å². The van der Waals surface area contributed by atoms with Gasteiger partial charge in [0.15, 0.2) is 0 Å². The summed E-state index contributed by atoms with van der Waals surface area (Å²) in [6.45, 7) is 7.69. The molecule has 1 aliphatic heterocycles. The summed E-state index contributed by atoms with van der Waals surface area (Å²) in [5.41, 5.74) is 3.57. The molecular weight excluding hydrogens is 745 g/mol. The molecule has 0 bridgehead atoms. The number of hydrogen-bond donors (Lipinski definition) is 4. The van der Waals surface area contributed by atoms with Crippen molar-refractivity contribution >= 4 is 35.1 Å². The SMILES string of the molecule is CC(=O)N[C@H]1CCN(CCCOc2cccc(-c3cccc(COc4cc(OCc5cncc(C#N)c5)c(CN[C@](C)(CO)C(=O)O)cc4Cl)c3C)c2Cl)C1. The molecule has 2 heterocycles. The minimum atomic E-state index is -1.60. The van der Waals surface area contributed by atoms with Gasteiger partial charge in [-0.25, -0.2) is 0 Å². The van der Waals surface area contributed by atoms with Crippen molar-refractivity contribution in [2.75, 3.05) is 32.8 Å². The fourth-order valence-corrected chi connectivity index (χ4v) is 6.79. The Morgan fingerprint density at radius 1 is 1.02 bits per heavy atom. The Labute approximate surface area is 330 Å². The lowest BCUT2D eigenvalue weighted by Crippen LogP contribution is -2.52. The number of amides is 1. The molecule has 12 nitrogen and oxygen atoms in total. The maximum atomic E-state index is 11.8. The third kappa shape index (κ3) is 10.9. The lowest BCUT2D eigenvalue weighted by Gasteiger charge is -2.25. The molecule has 4 N–H and O–H groups in total. The van der Waals surface area contributed by atoms with Gasteiger partial charge in [-0.3, -0.25) is 19.9 Å². The fourth-order valence-electron chi connectivity index (χ4n) is 6.27. The molecular formula is C41H45Cl2N5O7. The van der Waals surface area contributed by atoms with Gasteiger partial charge in [-0.1, -0.05) is 53.5 Å². The largest absolute Gasteiger partial charge is 0.492 e. The first-order valence-corrected chi connectivity index (χ1v) is 18.7. The average molecular weight is 791 g/mol. The van der Waals surface area contributed by atoms with Crippen LogP contribution in [0.5, 0.6) is 17.2 Å². The first-order chi connectivity index (χ1) is 26.4. The number of aliphatic hydroxyl groups excluding tert-OH is 1. The van der Waals surface area contributed by atoms with Crippen LogP contribution in [0.2, 0.25) is 10.0 Å². The van der Waals surface area contributed by atoms with Gasteiger partial charge in [0.25, 0.3) is 0 Å². The number of likely N-dealkylation sites (tertiary alicyclic amines) is 1. The summed E-state index contributed by atoms with van der Waals surface area (Å²) in [7, 11) is 0. The van der Waals surface area contributed by atoms with Crippen LogP contribution in [-0.4, -0.2) is 76.4 Å². The molecule has 2 atom stereocenters. The van der Waals surface area contributed by atoms with Crippen LogP contribution in [0.25, 0.3) is 11.1 Å². The van der Waals surface area contributed by atoms with Crippen LogP contribution in [0, 0.1) is 18.3 Å². The number of halogens is 2. The lowest BCUT2D eigenvalue weighted by molar-refractivity contribution is -0.146. The van der Waals surface area contributed by atoms with Crippen LogP contribution in [-0.2, 0) is 29.3 Å². The summed E-state index contributed by atoms with van der Waals surface area (Å²) in [6.07, 6.45) is 4.81. The molecule has 0 spiro atoms. The van der Waals surface area contributed by atoms with Crippen LogP contribution in [0.3, 0.4) is 0 Å². The Bertz CT molecular complexity index is 2040. The van der Waals surface area contributed by atoms with Gasteiger partial charge in [0.2, 0.25) is 5.91 Å². The predicted octanol–water partition coefficient (Wildman–Crippen LogP) is 6.30. The van der Waals surface area contributed by atoms with E-state index in [9.17, 15) is 25.1 Å². The van der Waals surface area contributed by atoms with Crippen LogP contribution < -0.4 is 24.8 Å². The molecule has 4 aromatic rings. The highest BCUT2D eigenvalue weighted by atomic mass is 35.5. The van der Waals surface area contributed by atoms with E-state index in [1.54, 1.807) is 31.3 Å². The van der Waals surface area contributed by atoms with E-state index in [0.29, 0.717) is 45.6 Å². The predicted molar refractivity (Wildman–Crippen MR) is 209 cm³/mol. The number of aliphatic hydroxyl groups is 1. The highest BCUT2D eigenvalue weighted by Gasteiger charge is 2.32. The number of rotatable bonds is 18. The second-order valence-electron chi connectivity index (χ2n) is 13.7. The van der Waals surface area contributed by atoms with Crippen molar-refractivity contribution in [3.05, 3.63) is 105 Å². The molecule has 0 unspecified atom stereocenters. The van der Waals surface area contributed by atoms with Crippen LogP contribution in [0.15, 0.2) is 67.0 Å². The standard InChI is InChI=1S/C41H45Cl2N5O7/c1-26-30(7-4-8-33(26)34-9-5-10-36(39(34)43)53-14-6-12-48-13-11-32(22-48)47-27(2)50)24-55-38-17-37(54-23-29-15-28(18-44)19-45-20-29)31(16-35(38)42)21-46-41(3,25-49)40(51)52/h4-5,7-10,15-17,19-20,32,46,49H,6,11-14,21-25H2,1-3H3,(H,47,50)(H,51,52)/t32-,41+/m0/s1. The summed E-state index contributed by atoms with van der Waals surface area (Å²) in [4.78, 5) is 29.6. The van der Waals surface area contributed by atoms with Crippen molar-refractivity contribution in [3.8, 4) is 34.4 Å². The zero-order valence-electron chi connectivity index (χ0n) is 31.0. The van der Waals surface area contributed by atoms with Crippen LogP contribution in [0.4, 0.5) is 0 Å². The molecule has 3 aromatic carbocycles. The Kier molecular flexibility index (Phi) is 14.3. The molecule has 1 aromatic heterocycles. The number of pyridine rings is 1. The third-order valence-corrected chi connectivity index (χ3v) is 10.2. The number of aromatic nitrogens is 1. The number of nitriles is 1. The molecule has 0 radical (unpaired) electrons. The summed E-state index contributed by atoms with van der Waals surface area (Å²) in [5, 5.41) is 35.3. The smallest absolute Gasteiger partial charge is 0.326 e. The van der Waals surface area contributed by atoms with E-state index in [2.05, 4.69) is 26.6 Å². The maximum absolute atomic E-state index is 11.8. The van der Waals surface area contributed by atoms with Gasteiger partial charge in [-0.15, -0.1) is 0 Å². The number of nitrogens with zero attached hydrogens (tertiary/aromatic N) is 3. The first-order valence-electron chi connectivity index (χ1n) is 17.9. The summed E-state index contributed by atoms with van der Waals surface area (Å²) < 4.78 is 18.5. The van der Waals surface area contributed by atoms with E-state index in [1.165, 1.54) is 13.1 Å². The van der Waals surface area contributed by atoms with Gasteiger partial charge in [-0.2, -0.15) is 5.26 Å². The Hall–Kier alpha value is -4.90. The number of carboxylic acid groups (broad SMARTS) is 1. The van der Waals surface area contributed by atoms with E-state index in [-0.39, 0.29) is 36.7 Å². The van der Waals surface area contributed by atoms with Crippen molar-refractivity contribution < 1.29 is 34.0 Å². The Balaban J connectivity index is 1.28. The van der Waals surface area contributed by atoms with E-state index in [4.69, 9.17) is 37.4 Å². The van der Waals surface area contributed by atoms with Crippen molar-refractivity contribution in [1.82, 2.24) is 20.5 Å². The topological polar surface area (TPSA) is 166 Å². The first kappa shape index (κ1) is 41.3. The highest BCUT2D eigenvalue weighted by Crippen LogP contribution is 2.39. The monoisotopic (exact) mass is 789 g/mol. The Morgan fingerprint density at radius 2 is 1.78 bits per heavy atom. The maximum Gasteiger partial charge on any atom is 0.326 e. The summed E-state index contributed by atoms with van der Waals surface area (Å²) >= 11 is 13.6. The molecule has 0 saturated carbocycles. The zero-order valence-corrected chi connectivity index (χ0v) is 32.5. The molecule has 55 heavy (non-hydrogen) atoms. The van der Waals surface area contributed by atoms with Crippen LogP contribution in [0.1, 0.15) is 54.5 Å². The lowest BCUT2D eigenvalue weighted by atomic mass is 9.96. The molecule has 1 amide bonds.